The average Bonchev–Trinajstić information content (AvgIpc) is 3.21. The number of amides is 1. The Balaban J connectivity index is 1.67. The zero-order valence-electron chi connectivity index (χ0n) is 14.1. The fourth-order valence-corrected chi connectivity index (χ4v) is 2.61. The molecule has 6 heteroatoms. The van der Waals surface area contributed by atoms with Crippen molar-refractivity contribution in [1.29, 1.82) is 0 Å². The van der Waals surface area contributed by atoms with E-state index >= 15 is 0 Å². The molecule has 0 bridgehead atoms. The van der Waals surface area contributed by atoms with Crippen LogP contribution in [-0.4, -0.2) is 25.9 Å². The smallest absolute Gasteiger partial charge is 0.244 e. The van der Waals surface area contributed by atoms with E-state index in [1.807, 2.05) is 57.3 Å². The summed E-state index contributed by atoms with van der Waals surface area (Å²) >= 11 is 0. The van der Waals surface area contributed by atoms with Crippen LogP contribution in [0.4, 0.5) is 0 Å². The van der Waals surface area contributed by atoms with Crippen molar-refractivity contribution < 1.29 is 4.79 Å². The Labute approximate surface area is 140 Å². The summed E-state index contributed by atoms with van der Waals surface area (Å²) in [4.78, 5) is 12.4. The van der Waals surface area contributed by atoms with Crippen molar-refractivity contribution in [3.8, 4) is 11.1 Å². The van der Waals surface area contributed by atoms with Crippen LogP contribution in [0.5, 0.6) is 0 Å². The molecule has 0 radical (unpaired) electrons. The molecule has 2 N–H and O–H groups in total. The van der Waals surface area contributed by atoms with Crippen molar-refractivity contribution in [2.75, 3.05) is 0 Å². The van der Waals surface area contributed by atoms with Crippen LogP contribution in [0, 0.1) is 13.8 Å². The Morgan fingerprint density at radius 1 is 1.25 bits per heavy atom. The van der Waals surface area contributed by atoms with Gasteiger partial charge in [0, 0.05) is 29.6 Å². The third-order valence-electron chi connectivity index (χ3n) is 4.20. The first kappa shape index (κ1) is 16.0. The molecule has 1 atom stereocenters. The molecule has 3 aromatic rings. The van der Waals surface area contributed by atoms with Gasteiger partial charge in [-0.1, -0.05) is 30.3 Å². The number of rotatable bonds is 5. The number of hydrogen-bond acceptors (Lipinski definition) is 3. The molecule has 6 nitrogen and oxygen atoms in total. The van der Waals surface area contributed by atoms with Gasteiger partial charge in [0.1, 0.15) is 6.04 Å². The maximum atomic E-state index is 12.4. The number of aryl methyl sites for hydroxylation is 2. The quantitative estimate of drug-likeness (QED) is 0.758. The zero-order chi connectivity index (χ0) is 17.1. The van der Waals surface area contributed by atoms with Gasteiger partial charge in [-0.2, -0.15) is 10.2 Å². The number of carbonyl (C=O) groups is 1. The number of aromatic amines is 1. The Kier molecular flexibility index (Phi) is 4.46. The van der Waals surface area contributed by atoms with E-state index in [0.717, 1.165) is 28.1 Å². The largest absolute Gasteiger partial charge is 0.350 e. The van der Waals surface area contributed by atoms with Crippen LogP contribution in [0.15, 0.2) is 42.7 Å². The normalized spacial score (nSPS) is 12.1. The van der Waals surface area contributed by atoms with Crippen molar-refractivity contribution in [2.24, 2.45) is 0 Å². The van der Waals surface area contributed by atoms with Gasteiger partial charge in [0.15, 0.2) is 0 Å². The van der Waals surface area contributed by atoms with Gasteiger partial charge in [-0.25, -0.2) is 0 Å². The number of nitrogens with one attached hydrogen (secondary N) is 2. The Hall–Kier alpha value is -2.89. The fraction of sp³-hybridized carbons (Fsp3) is 0.278. The lowest BCUT2D eigenvalue weighted by Gasteiger charge is -2.12. The van der Waals surface area contributed by atoms with Gasteiger partial charge < -0.3 is 5.32 Å². The van der Waals surface area contributed by atoms with Crippen molar-refractivity contribution in [1.82, 2.24) is 25.3 Å². The fourth-order valence-electron chi connectivity index (χ4n) is 2.61. The molecule has 0 aliphatic rings. The van der Waals surface area contributed by atoms with E-state index < -0.39 is 0 Å². The summed E-state index contributed by atoms with van der Waals surface area (Å²) < 4.78 is 1.69. The summed E-state index contributed by atoms with van der Waals surface area (Å²) in [6.45, 7) is 6.18. The highest BCUT2D eigenvalue weighted by Gasteiger charge is 2.17. The first-order valence-corrected chi connectivity index (χ1v) is 7.94. The van der Waals surface area contributed by atoms with E-state index in [1.165, 1.54) is 0 Å². The van der Waals surface area contributed by atoms with Gasteiger partial charge in [0.05, 0.1) is 11.9 Å². The molecule has 2 aromatic heterocycles. The molecule has 0 fully saturated rings. The van der Waals surface area contributed by atoms with Crippen LogP contribution in [0.3, 0.4) is 0 Å². The number of carbonyl (C=O) groups excluding carboxylic acids is 1. The molecule has 2 heterocycles. The molecule has 0 aliphatic carbocycles. The highest BCUT2D eigenvalue weighted by molar-refractivity contribution is 5.80. The van der Waals surface area contributed by atoms with Gasteiger partial charge in [-0.3, -0.25) is 14.6 Å². The van der Waals surface area contributed by atoms with Crippen LogP contribution in [0.25, 0.3) is 11.1 Å². The molecule has 0 unspecified atom stereocenters. The molecule has 0 spiro atoms. The minimum absolute atomic E-state index is 0.0716. The molecular weight excluding hydrogens is 302 g/mol. The highest BCUT2D eigenvalue weighted by atomic mass is 16.2. The Morgan fingerprint density at radius 2 is 2.00 bits per heavy atom. The topological polar surface area (TPSA) is 75.6 Å². The van der Waals surface area contributed by atoms with Gasteiger partial charge in [0.25, 0.3) is 0 Å². The number of nitrogens with zero attached hydrogens (tertiary/aromatic N) is 3. The molecule has 0 aliphatic heterocycles. The maximum absolute atomic E-state index is 12.4. The van der Waals surface area contributed by atoms with Gasteiger partial charge >= 0.3 is 0 Å². The van der Waals surface area contributed by atoms with E-state index in [1.54, 1.807) is 10.9 Å². The monoisotopic (exact) mass is 323 g/mol. The second-order valence-electron chi connectivity index (χ2n) is 5.88. The van der Waals surface area contributed by atoms with Crippen LogP contribution in [0.2, 0.25) is 0 Å². The number of benzene rings is 1. The lowest BCUT2D eigenvalue weighted by Crippen LogP contribution is -2.31. The summed E-state index contributed by atoms with van der Waals surface area (Å²) in [6, 6.07) is 9.61. The van der Waals surface area contributed by atoms with E-state index in [0.29, 0.717) is 6.54 Å². The van der Waals surface area contributed by atoms with Crippen LogP contribution in [0.1, 0.15) is 29.9 Å². The Bertz CT molecular complexity index is 815. The summed E-state index contributed by atoms with van der Waals surface area (Å²) in [7, 11) is 0. The predicted octanol–water partition coefficient (Wildman–Crippen LogP) is 2.77. The lowest BCUT2D eigenvalue weighted by atomic mass is 10.1. The number of hydrogen-bond donors (Lipinski definition) is 2. The first-order valence-electron chi connectivity index (χ1n) is 7.94. The summed E-state index contributed by atoms with van der Waals surface area (Å²) in [5.74, 6) is -0.0716. The molecule has 1 aromatic carbocycles. The van der Waals surface area contributed by atoms with Crippen LogP contribution < -0.4 is 5.32 Å². The van der Waals surface area contributed by atoms with Crippen molar-refractivity contribution >= 4 is 5.91 Å². The van der Waals surface area contributed by atoms with Crippen molar-refractivity contribution in [2.45, 2.75) is 33.4 Å². The van der Waals surface area contributed by atoms with E-state index in [-0.39, 0.29) is 11.9 Å². The second kappa shape index (κ2) is 6.70. The van der Waals surface area contributed by atoms with Gasteiger partial charge in [0.2, 0.25) is 5.91 Å². The van der Waals surface area contributed by atoms with Gasteiger partial charge in [-0.05, 0) is 26.3 Å². The summed E-state index contributed by atoms with van der Waals surface area (Å²) in [5, 5.41) is 14.3. The van der Waals surface area contributed by atoms with Gasteiger partial charge in [-0.15, -0.1) is 0 Å². The van der Waals surface area contributed by atoms with E-state index in [2.05, 4.69) is 20.6 Å². The summed E-state index contributed by atoms with van der Waals surface area (Å²) in [6.07, 6.45) is 3.68. The maximum Gasteiger partial charge on any atom is 0.244 e. The SMILES string of the molecule is Cc1n[nH]c(C)c1CNC(=O)[C@H](C)n1cc(-c2ccccc2)cn1. The molecule has 24 heavy (non-hydrogen) atoms. The average molecular weight is 323 g/mol. The number of aromatic nitrogens is 4. The lowest BCUT2D eigenvalue weighted by molar-refractivity contribution is -0.124. The molecule has 0 saturated heterocycles. The summed E-state index contributed by atoms with van der Waals surface area (Å²) in [5.41, 5.74) is 5.00. The second-order valence-corrected chi connectivity index (χ2v) is 5.88. The molecule has 0 saturated carbocycles. The third-order valence-corrected chi connectivity index (χ3v) is 4.20. The molecule has 1 amide bonds. The molecular formula is C18H21N5O. The highest BCUT2D eigenvalue weighted by Crippen LogP contribution is 2.19. The third kappa shape index (κ3) is 3.22. The standard InChI is InChI=1S/C18H21N5O/c1-12-17(13(2)22-21-12)10-19-18(24)14(3)23-11-16(9-20-23)15-7-5-4-6-8-15/h4-9,11,14H,10H2,1-3H3,(H,19,24)(H,21,22)/t14-/m0/s1. The Morgan fingerprint density at radius 3 is 2.67 bits per heavy atom. The van der Waals surface area contributed by atoms with E-state index in [9.17, 15) is 4.79 Å². The predicted molar refractivity (Wildman–Crippen MR) is 92.3 cm³/mol. The molecule has 3 rings (SSSR count). The van der Waals surface area contributed by atoms with Crippen molar-refractivity contribution in [3.63, 3.8) is 0 Å². The minimum atomic E-state index is -0.380. The zero-order valence-corrected chi connectivity index (χ0v) is 14.1. The first-order chi connectivity index (χ1) is 11.6. The number of H-pyrrole nitrogens is 1. The van der Waals surface area contributed by atoms with Crippen LogP contribution >= 0.6 is 0 Å². The molecule has 124 valence electrons. The van der Waals surface area contributed by atoms with Crippen LogP contribution in [-0.2, 0) is 11.3 Å². The van der Waals surface area contributed by atoms with Crippen molar-refractivity contribution in [3.05, 3.63) is 59.7 Å². The minimum Gasteiger partial charge on any atom is -0.350 e. The van der Waals surface area contributed by atoms with E-state index in [4.69, 9.17) is 0 Å².